The minimum absolute atomic E-state index is 0.112. The van der Waals surface area contributed by atoms with E-state index in [4.69, 9.17) is 0 Å². The van der Waals surface area contributed by atoms with Gasteiger partial charge in [0, 0.05) is 23.7 Å². The fraction of sp³-hybridized carbons (Fsp3) is 1.00. The van der Waals surface area contributed by atoms with Crippen molar-refractivity contribution >= 4 is 0 Å². The molecule has 0 aliphatic heterocycles. The van der Waals surface area contributed by atoms with Gasteiger partial charge in [-0.05, 0) is 53.5 Å². The van der Waals surface area contributed by atoms with Crippen molar-refractivity contribution in [3.8, 4) is 0 Å². The first kappa shape index (κ1) is 14.9. The van der Waals surface area contributed by atoms with Crippen LogP contribution in [0.3, 0.4) is 0 Å². The molecule has 1 atom stereocenters. The maximum atomic E-state index is 9.55. The van der Waals surface area contributed by atoms with Crippen LogP contribution in [-0.2, 0) is 0 Å². The average Bonchev–Trinajstić information content (AvgIpc) is 3.09. The third kappa shape index (κ3) is 4.57. The van der Waals surface area contributed by atoms with Crippen molar-refractivity contribution in [2.75, 3.05) is 20.2 Å². The number of aliphatic hydroxyl groups excluding tert-OH is 1. The van der Waals surface area contributed by atoms with E-state index in [1.165, 1.54) is 12.8 Å². The van der Waals surface area contributed by atoms with Gasteiger partial charge in [0.2, 0.25) is 0 Å². The molecule has 0 radical (unpaired) electrons. The van der Waals surface area contributed by atoms with Crippen LogP contribution in [0.4, 0.5) is 0 Å². The largest absolute Gasteiger partial charge is 0.394 e. The van der Waals surface area contributed by atoms with Gasteiger partial charge in [0.25, 0.3) is 0 Å². The normalized spacial score (nSPS) is 20.6. The van der Waals surface area contributed by atoms with E-state index in [0.29, 0.717) is 6.04 Å². The van der Waals surface area contributed by atoms with Gasteiger partial charge in [-0.1, -0.05) is 6.92 Å². The van der Waals surface area contributed by atoms with Crippen molar-refractivity contribution in [3.63, 3.8) is 0 Å². The molecule has 0 saturated heterocycles. The Balaban J connectivity index is 2.40. The molecule has 2 N–H and O–H groups in total. The number of hydrogen-bond donors (Lipinski definition) is 2. The zero-order valence-corrected chi connectivity index (χ0v) is 12.2. The van der Waals surface area contributed by atoms with Crippen LogP contribution in [0.2, 0.25) is 0 Å². The van der Waals surface area contributed by atoms with E-state index in [1.54, 1.807) is 0 Å². The fourth-order valence-corrected chi connectivity index (χ4v) is 1.90. The van der Waals surface area contributed by atoms with Crippen LogP contribution in [0.5, 0.6) is 0 Å². The van der Waals surface area contributed by atoms with Crippen LogP contribution in [-0.4, -0.2) is 47.3 Å². The molecule has 1 saturated carbocycles. The molecule has 0 spiro atoms. The minimum atomic E-state index is -0.112. The third-order valence-electron chi connectivity index (χ3n) is 4.38. The monoisotopic (exact) mass is 242 g/mol. The maximum absolute atomic E-state index is 9.55. The van der Waals surface area contributed by atoms with Gasteiger partial charge in [0.1, 0.15) is 0 Å². The molecule has 0 aromatic carbocycles. The summed E-state index contributed by atoms with van der Waals surface area (Å²) < 4.78 is 0. The van der Waals surface area contributed by atoms with Crippen LogP contribution in [0.15, 0.2) is 0 Å². The van der Waals surface area contributed by atoms with Crippen molar-refractivity contribution in [2.24, 2.45) is 0 Å². The maximum Gasteiger partial charge on any atom is 0.0611 e. The van der Waals surface area contributed by atoms with E-state index in [1.807, 2.05) is 0 Å². The highest BCUT2D eigenvalue weighted by Crippen LogP contribution is 2.25. The number of hydrogen-bond acceptors (Lipinski definition) is 3. The highest BCUT2D eigenvalue weighted by Gasteiger charge is 2.32. The molecule has 1 rings (SSSR count). The zero-order chi connectivity index (χ0) is 13.1. The summed E-state index contributed by atoms with van der Waals surface area (Å²) in [6, 6.07) is 0.650. The van der Waals surface area contributed by atoms with E-state index in [9.17, 15) is 5.11 Å². The molecule has 0 bridgehead atoms. The van der Waals surface area contributed by atoms with Crippen LogP contribution >= 0.6 is 0 Å². The fourth-order valence-electron chi connectivity index (χ4n) is 1.90. The van der Waals surface area contributed by atoms with Crippen molar-refractivity contribution in [1.29, 1.82) is 0 Å². The molecular formula is C14H30N2O. The lowest BCUT2D eigenvalue weighted by Gasteiger charge is -2.38. The second kappa shape index (κ2) is 5.68. The summed E-state index contributed by atoms with van der Waals surface area (Å²) in [6.07, 6.45) is 4.69. The molecule has 0 aromatic rings. The minimum Gasteiger partial charge on any atom is -0.394 e. The highest BCUT2D eigenvalue weighted by molar-refractivity contribution is 4.93. The molecule has 3 nitrogen and oxygen atoms in total. The third-order valence-corrected chi connectivity index (χ3v) is 4.38. The van der Waals surface area contributed by atoms with Crippen molar-refractivity contribution in [3.05, 3.63) is 0 Å². The van der Waals surface area contributed by atoms with Gasteiger partial charge in [0.05, 0.1) is 6.61 Å². The lowest BCUT2D eigenvalue weighted by molar-refractivity contribution is 0.108. The van der Waals surface area contributed by atoms with E-state index in [0.717, 1.165) is 19.4 Å². The zero-order valence-electron chi connectivity index (χ0n) is 12.2. The number of nitrogens with one attached hydrogen (secondary N) is 1. The first-order valence-corrected chi connectivity index (χ1v) is 6.93. The molecule has 0 heterocycles. The van der Waals surface area contributed by atoms with Gasteiger partial charge in [-0.2, -0.15) is 0 Å². The molecule has 102 valence electrons. The van der Waals surface area contributed by atoms with Gasteiger partial charge < -0.3 is 15.3 Å². The first-order valence-electron chi connectivity index (χ1n) is 6.93. The molecule has 1 fully saturated rings. The van der Waals surface area contributed by atoms with Crippen molar-refractivity contribution in [2.45, 2.75) is 70.5 Å². The van der Waals surface area contributed by atoms with Crippen LogP contribution < -0.4 is 5.32 Å². The lowest BCUT2D eigenvalue weighted by atomic mass is 9.95. The van der Waals surface area contributed by atoms with Crippen molar-refractivity contribution < 1.29 is 5.11 Å². The van der Waals surface area contributed by atoms with Crippen molar-refractivity contribution in [1.82, 2.24) is 10.2 Å². The van der Waals surface area contributed by atoms with Gasteiger partial charge in [-0.15, -0.1) is 0 Å². The molecule has 17 heavy (non-hydrogen) atoms. The predicted molar refractivity (Wildman–Crippen MR) is 73.3 cm³/mol. The Morgan fingerprint density at radius 2 is 1.88 bits per heavy atom. The number of aliphatic hydroxyl groups is 1. The summed E-state index contributed by atoms with van der Waals surface area (Å²) in [4.78, 5) is 2.40. The molecule has 1 aliphatic carbocycles. The van der Waals surface area contributed by atoms with E-state index in [2.05, 4.69) is 45.0 Å². The topological polar surface area (TPSA) is 35.5 Å². The van der Waals surface area contributed by atoms with Gasteiger partial charge in [0.15, 0.2) is 0 Å². The van der Waals surface area contributed by atoms with E-state index in [-0.39, 0.29) is 17.7 Å². The highest BCUT2D eigenvalue weighted by atomic mass is 16.3. The van der Waals surface area contributed by atoms with E-state index < -0.39 is 0 Å². The number of rotatable bonds is 8. The molecule has 3 heteroatoms. The quantitative estimate of drug-likeness (QED) is 0.683. The second-order valence-corrected chi connectivity index (χ2v) is 6.47. The Bertz CT molecular complexity index is 238. The Morgan fingerprint density at radius 1 is 1.29 bits per heavy atom. The predicted octanol–water partition coefficient (Wildman–Crippen LogP) is 2.00. The molecular weight excluding hydrogens is 212 g/mol. The van der Waals surface area contributed by atoms with E-state index >= 15 is 0 Å². The van der Waals surface area contributed by atoms with Gasteiger partial charge in [-0.25, -0.2) is 0 Å². The Hall–Kier alpha value is -0.120. The second-order valence-electron chi connectivity index (χ2n) is 6.47. The summed E-state index contributed by atoms with van der Waals surface area (Å²) in [7, 11) is 2.18. The summed E-state index contributed by atoms with van der Waals surface area (Å²) in [5, 5.41) is 13.1. The first-order chi connectivity index (χ1) is 7.83. The Labute approximate surface area is 107 Å². The van der Waals surface area contributed by atoms with Gasteiger partial charge >= 0.3 is 0 Å². The summed E-state index contributed by atoms with van der Waals surface area (Å²) in [6.45, 7) is 10.2. The smallest absolute Gasteiger partial charge is 0.0611 e. The number of nitrogens with zero attached hydrogens (tertiary/aromatic N) is 1. The average molecular weight is 242 g/mol. The molecule has 1 aliphatic rings. The summed E-state index contributed by atoms with van der Waals surface area (Å²) in [5.41, 5.74) is 0.134. The van der Waals surface area contributed by atoms with Crippen LogP contribution in [0, 0.1) is 0 Å². The molecule has 1 unspecified atom stereocenters. The Morgan fingerprint density at radius 3 is 2.29 bits per heavy atom. The molecule has 0 amide bonds. The summed E-state index contributed by atoms with van der Waals surface area (Å²) in [5.74, 6) is 0. The SMILES string of the molecule is CCC(C)(C)N(C)CCC(C)(CO)NC1CC1. The Kier molecular flexibility index (Phi) is 4.99. The standard InChI is InChI=1S/C14H30N2O/c1-6-13(2,3)16(5)10-9-14(4,11-17)15-12-7-8-12/h12,15,17H,6-11H2,1-5H3. The van der Waals surface area contributed by atoms with Crippen LogP contribution in [0.25, 0.3) is 0 Å². The lowest BCUT2D eigenvalue weighted by Crippen LogP contribution is -2.50. The summed E-state index contributed by atoms with van der Waals surface area (Å²) >= 11 is 0. The molecule has 0 aromatic heterocycles. The van der Waals surface area contributed by atoms with Gasteiger partial charge in [-0.3, -0.25) is 0 Å². The van der Waals surface area contributed by atoms with Crippen LogP contribution in [0.1, 0.15) is 53.4 Å².